The molecule has 6 nitrogen and oxygen atoms in total. The minimum absolute atomic E-state index is 0.0291. The maximum absolute atomic E-state index is 12.3. The fraction of sp³-hybridized carbons (Fsp3) is 1.00. The second kappa shape index (κ2) is 7.40. The van der Waals surface area contributed by atoms with Gasteiger partial charge in [-0.2, -0.15) is 17.0 Å². The highest BCUT2D eigenvalue weighted by atomic mass is 32.2. The molecule has 1 unspecified atom stereocenters. The summed E-state index contributed by atoms with van der Waals surface area (Å²) in [6.07, 6.45) is 2.50. The van der Waals surface area contributed by atoms with Crippen LogP contribution >= 0.6 is 0 Å². The summed E-state index contributed by atoms with van der Waals surface area (Å²) in [5.74, 6) is 0. The van der Waals surface area contributed by atoms with Gasteiger partial charge in [0, 0.05) is 33.3 Å². The lowest BCUT2D eigenvalue weighted by Crippen LogP contribution is -2.49. The Bertz CT molecular complexity index is 332. The van der Waals surface area contributed by atoms with Crippen LogP contribution in [0.1, 0.15) is 26.2 Å². The van der Waals surface area contributed by atoms with Crippen molar-refractivity contribution in [3.8, 4) is 0 Å². The zero-order chi connectivity index (χ0) is 13.6. The zero-order valence-corrected chi connectivity index (χ0v) is 12.2. The molecule has 18 heavy (non-hydrogen) atoms. The molecule has 0 spiro atoms. The third kappa shape index (κ3) is 4.17. The molecule has 0 radical (unpaired) electrons. The summed E-state index contributed by atoms with van der Waals surface area (Å²) in [5.41, 5.74) is 5.41. The molecule has 0 amide bonds. The van der Waals surface area contributed by atoms with E-state index in [1.54, 1.807) is 7.05 Å². The van der Waals surface area contributed by atoms with Gasteiger partial charge in [0.1, 0.15) is 0 Å². The van der Waals surface area contributed by atoms with Crippen LogP contribution in [0.5, 0.6) is 0 Å². The first-order valence-corrected chi connectivity index (χ1v) is 7.95. The van der Waals surface area contributed by atoms with Crippen LogP contribution in [0.3, 0.4) is 0 Å². The number of hydrogen-bond acceptors (Lipinski definition) is 4. The monoisotopic (exact) mass is 279 g/mol. The van der Waals surface area contributed by atoms with E-state index >= 15 is 0 Å². The van der Waals surface area contributed by atoms with Crippen LogP contribution in [0.2, 0.25) is 0 Å². The average molecular weight is 279 g/mol. The summed E-state index contributed by atoms with van der Waals surface area (Å²) in [6, 6.07) is 0. The molecule has 1 aliphatic rings. The van der Waals surface area contributed by atoms with Gasteiger partial charge in [0.05, 0.1) is 6.10 Å². The molecule has 0 aliphatic carbocycles. The van der Waals surface area contributed by atoms with Gasteiger partial charge >= 0.3 is 0 Å². The van der Waals surface area contributed by atoms with E-state index in [9.17, 15) is 8.42 Å². The summed E-state index contributed by atoms with van der Waals surface area (Å²) in [6.45, 7) is 4.57. The minimum atomic E-state index is -3.35. The Kier molecular flexibility index (Phi) is 6.51. The van der Waals surface area contributed by atoms with Crippen molar-refractivity contribution in [1.29, 1.82) is 0 Å². The average Bonchev–Trinajstić information content (AvgIpc) is 2.36. The zero-order valence-electron chi connectivity index (χ0n) is 11.3. The van der Waals surface area contributed by atoms with Crippen molar-refractivity contribution in [1.82, 2.24) is 8.61 Å². The minimum Gasteiger partial charge on any atom is -0.377 e. The van der Waals surface area contributed by atoms with Crippen LogP contribution in [-0.2, 0) is 14.9 Å². The molecule has 108 valence electrons. The Morgan fingerprint density at radius 2 is 2.22 bits per heavy atom. The molecule has 0 bridgehead atoms. The van der Waals surface area contributed by atoms with Gasteiger partial charge in [-0.3, -0.25) is 0 Å². The van der Waals surface area contributed by atoms with Crippen LogP contribution in [0.4, 0.5) is 0 Å². The van der Waals surface area contributed by atoms with E-state index in [4.69, 9.17) is 10.5 Å². The second-order valence-corrected chi connectivity index (χ2v) is 6.58. The fourth-order valence-corrected chi connectivity index (χ4v) is 3.58. The van der Waals surface area contributed by atoms with Crippen LogP contribution in [0.25, 0.3) is 0 Å². The highest BCUT2D eigenvalue weighted by molar-refractivity contribution is 7.86. The Morgan fingerprint density at radius 3 is 2.83 bits per heavy atom. The first-order chi connectivity index (χ1) is 8.52. The molecule has 1 heterocycles. The Morgan fingerprint density at radius 1 is 1.50 bits per heavy atom. The predicted molar refractivity (Wildman–Crippen MR) is 71.4 cm³/mol. The molecule has 0 aromatic heterocycles. The summed E-state index contributed by atoms with van der Waals surface area (Å²) in [7, 11) is -1.75. The number of hydrogen-bond donors (Lipinski definition) is 1. The molecule has 0 saturated carbocycles. The lowest BCUT2D eigenvalue weighted by atomic mass is 10.1. The first-order valence-electron chi connectivity index (χ1n) is 6.55. The van der Waals surface area contributed by atoms with E-state index in [-0.39, 0.29) is 6.10 Å². The molecule has 1 atom stereocenters. The molecule has 0 aromatic rings. The van der Waals surface area contributed by atoms with E-state index in [2.05, 4.69) is 0 Å². The van der Waals surface area contributed by atoms with Crippen molar-refractivity contribution in [3.05, 3.63) is 0 Å². The largest absolute Gasteiger partial charge is 0.377 e. The normalized spacial score (nSPS) is 22.6. The van der Waals surface area contributed by atoms with Crippen molar-refractivity contribution >= 4 is 10.2 Å². The van der Waals surface area contributed by atoms with Gasteiger partial charge in [-0.1, -0.05) is 0 Å². The Balaban J connectivity index is 2.60. The van der Waals surface area contributed by atoms with Crippen molar-refractivity contribution in [2.45, 2.75) is 32.3 Å². The number of ether oxygens (including phenoxy) is 1. The molecule has 7 heteroatoms. The summed E-state index contributed by atoms with van der Waals surface area (Å²) in [5, 5.41) is 0. The second-order valence-electron chi connectivity index (χ2n) is 4.55. The third-order valence-electron chi connectivity index (χ3n) is 3.14. The summed E-state index contributed by atoms with van der Waals surface area (Å²) < 4.78 is 33.0. The van der Waals surface area contributed by atoms with E-state index in [0.29, 0.717) is 39.2 Å². The maximum Gasteiger partial charge on any atom is 0.281 e. The number of rotatable bonds is 7. The van der Waals surface area contributed by atoms with Crippen molar-refractivity contribution in [3.63, 3.8) is 0 Å². The van der Waals surface area contributed by atoms with Gasteiger partial charge < -0.3 is 10.5 Å². The van der Waals surface area contributed by atoms with Crippen LogP contribution in [0, 0.1) is 0 Å². The molecule has 1 fully saturated rings. The Labute approximate surface area is 110 Å². The molecule has 1 aliphatic heterocycles. The molecule has 1 rings (SSSR count). The lowest BCUT2D eigenvalue weighted by Gasteiger charge is -2.34. The number of nitrogens with two attached hydrogens (primary N) is 1. The van der Waals surface area contributed by atoms with Gasteiger partial charge in [0.25, 0.3) is 10.2 Å². The van der Waals surface area contributed by atoms with Gasteiger partial charge in [0.15, 0.2) is 0 Å². The number of nitrogens with zero attached hydrogens (tertiary/aromatic N) is 2. The molecule has 0 aromatic carbocycles. The van der Waals surface area contributed by atoms with E-state index in [0.717, 1.165) is 12.8 Å². The summed E-state index contributed by atoms with van der Waals surface area (Å²) in [4.78, 5) is 0. The van der Waals surface area contributed by atoms with Crippen LogP contribution < -0.4 is 5.73 Å². The van der Waals surface area contributed by atoms with Gasteiger partial charge in [-0.25, -0.2) is 0 Å². The first kappa shape index (κ1) is 15.8. The molecule has 2 N–H and O–H groups in total. The van der Waals surface area contributed by atoms with Crippen LogP contribution in [0.15, 0.2) is 0 Å². The molecular weight excluding hydrogens is 254 g/mol. The van der Waals surface area contributed by atoms with E-state index in [1.807, 2.05) is 6.92 Å². The molecular formula is C11H25N3O3S. The highest BCUT2D eigenvalue weighted by Crippen LogP contribution is 2.18. The quantitative estimate of drug-likeness (QED) is 0.712. The smallest absolute Gasteiger partial charge is 0.281 e. The van der Waals surface area contributed by atoms with Crippen molar-refractivity contribution < 1.29 is 13.2 Å². The fourth-order valence-electron chi connectivity index (χ4n) is 2.11. The van der Waals surface area contributed by atoms with Gasteiger partial charge in [-0.15, -0.1) is 0 Å². The van der Waals surface area contributed by atoms with Crippen molar-refractivity contribution in [2.75, 3.05) is 39.8 Å². The number of piperidine rings is 1. The maximum atomic E-state index is 12.3. The third-order valence-corrected chi connectivity index (χ3v) is 5.10. The van der Waals surface area contributed by atoms with Crippen molar-refractivity contribution in [2.24, 2.45) is 5.73 Å². The van der Waals surface area contributed by atoms with E-state index < -0.39 is 10.2 Å². The topological polar surface area (TPSA) is 75.9 Å². The standard InChI is InChI=1S/C11H25N3O3S/c1-3-17-11-6-4-9-14(10-11)18(15,16)13(2)8-5-7-12/h11H,3-10,12H2,1-2H3. The highest BCUT2D eigenvalue weighted by Gasteiger charge is 2.31. The summed E-state index contributed by atoms with van der Waals surface area (Å²) >= 11 is 0. The molecule has 1 saturated heterocycles. The van der Waals surface area contributed by atoms with Gasteiger partial charge in [-0.05, 0) is 32.7 Å². The van der Waals surface area contributed by atoms with Gasteiger partial charge in [0.2, 0.25) is 0 Å². The Hall–Kier alpha value is -0.210. The van der Waals surface area contributed by atoms with Crippen LogP contribution in [-0.4, -0.2) is 63.0 Å². The van der Waals surface area contributed by atoms with E-state index in [1.165, 1.54) is 8.61 Å². The predicted octanol–water partition coefficient (Wildman–Crippen LogP) is 0.0127. The SMILES string of the molecule is CCOC1CCCN(S(=O)(=O)N(C)CCCN)C1. The lowest BCUT2D eigenvalue weighted by molar-refractivity contribution is 0.0253.